The van der Waals surface area contributed by atoms with E-state index < -0.39 is 17.9 Å². The third-order valence-corrected chi connectivity index (χ3v) is 2.13. The average molecular weight is 239 g/mol. The summed E-state index contributed by atoms with van der Waals surface area (Å²) in [6.45, 7) is 1.46. The van der Waals surface area contributed by atoms with Gasteiger partial charge in [-0.2, -0.15) is 0 Å². The second-order valence-electron chi connectivity index (χ2n) is 3.42. The Morgan fingerprint density at radius 3 is 2.53 bits per heavy atom. The molecular formula is C11H13NO5. The van der Waals surface area contributed by atoms with Gasteiger partial charge in [-0.05, 0) is 19.1 Å². The number of amides is 1. The van der Waals surface area contributed by atoms with Crippen LogP contribution in [0.4, 0.5) is 0 Å². The summed E-state index contributed by atoms with van der Waals surface area (Å²) in [6.07, 6.45) is 0. The normalized spacial score (nSPS) is 11.6. The molecule has 1 aromatic carbocycles. The lowest BCUT2D eigenvalue weighted by atomic mass is 10.1. The Morgan fingerprint density at radius 1 is 1.35 bits per heavy atom. The summed E-state index contributed by atoms with van der Waals surface area (Å²) < 4.78 is 4.44. The van der Waals surface area contributed by atoms with E-state index in [1.54, 1.807) is 0 Å². The van der Waals surface area contributed by atoms with Gasteiger partial charge in [0.15, 0.2) is 0 Å². The largest absolute Gasteiger partial charge is 0.508 e. The van der Waals surface area contributed by atoms with Gasteiger partial charge in [0.1, 0.15) is 17.5 Å². The molecule has 1 rings (SSSR count). The van der Waals surface area contributed by atoms with Crippen molar-refractivity contribution in [1.82, 2.24) is 5.32 Å². The summed E-state index contributed by atoms with van der Waals surface area (Å²) in [7, 11) is 1.21. The van der Waals surface area contributed by atoms with Crippen molar-refractivity contribution in [2.45, 2.75) is 13.0 Å². The molecule has 0 aromatic heterocycles. The molecule has 0 radical (unpaired) electrons. The second-order valence-corrected chi connectivity index (χ2v) is 3.42. The number of phenols is 2. The Bertz CT molecular complexity index is 443. The number of hydrogen-bond acceptors (Lipinski definition) is 5. The molecule has 17 heavy (non-hydrogen) atoms. The molecular weight excluding hydrogens is 226 g/mol. The summed E-state index contributed by atoms with van der Waals surface area (Å²) in [5.74, 6) is -1.73. The van der Waals surface area contributed by atoms with Crippen molar-refractivity contribution in [3.63, 3.8) is 0 Å². The molecule has 0 aliphatic carbocycles. The summed E-state index contributed by atoms with van der Waals surface area (Å²) in [6, 6.07) is 2.74. The molecule has 0 fully saturated rings. The van der Waals surface area contributed by atoms with E-state index in [4.69, 9.17) is 5.11 Å². The van der Waals surface area contributed by atoms with Crippen molar-refractivity contribution in [2.75, 3.05) is 7.11 Å². The maximum Gasteiger partial charge on any atom is 0.328 e. The second kappa shape index (κ2) is 5.20. The first kappa shape index (κ1) is 12.8. The summed E-state index contributed by atoms with van der Waals surface area (Å²) in [5.41, 5.74) is -0.0291. The molecule has 6 nitrogen and oxygen atoms in total. The lowest BCUT2D eigenvalue weighted by Gasteiger charge is -2.12. The van der Waals surface area contributed by atoms with Gasteiger partial charge in [0.05, 0.1) is 12.7 Å². The number of ether oxygens (including phenoxy) is 1. The minimum absolute atomic E-state index is 0.0291. The van der Waals surface area contributed by atoms with E-state index >= 15 is 0 Å². The number of benzene rings is 1. The topological polar surface area (TPSA) is 95.9 Å². The standard InChI is InChI=1S/C11H13NO5/c1-6(11(16)17-2)12-10(15)8-4-3-7(13)5-9(8)14/h3-6,13-14H,1-2H3,(H,12,15)/t6-/m0/s1. The maximum atomic E-state index is 11.6. The van der Waals surface area contributed by atoms with Gasteiger partial charge in [-0.3, -0.25) is 4.79 Å². The van der Waals surface area contributed by atoms with Crippen LogP contribution in [0.15, 0.2) is 18.2 Å². The van der Waals surface area contributed by atoms with Gasteiger partial charge < -0.3 is 20.3 Å². The van der Waals surface area contributed by atoms with E-state index in [1.165, 1.54) is 26.2 Å². The highest BCUT2D eigenvalue weighted by atomic mass is 16.5. The van der Waals surface area contributed by atoms with E-state index in [9.17, 15) is 14.7 Å². The first-order valence-electron chi connectivity index (χ1n) is 4.86. The molecule has 0 aliphatic rings. The quantitative estimate of drug-likeness (QED) is 0.663. The number of rotatable bonds is 3. The number of hydrogen-bond donors (Lipinski definition) is 3. The van der Waals surface area contributed by atoms with Crippen LogP contribution < -0.4 is 5.32 Å². The van der Waals surface area contributed by atoms with E-state index in [0.717, 1.165) is 6.07 Å². The molecule has 0 bridgehead atoms. The molecule has 0 unspecified atom stereocenters. The molecule has 1 amide bonds. The van der Waals surface area contributed by atoms with Crippen LogP contribution in [0.1, 0.15) is 17.3 Å². The molecule has 1 atom stereocenters. The number of carbonyl (C=O) groups excluding carboxylic acids is 2. The maximum absolute atomic E-state index is 11.6. The molecule has 6 heteroatoms. The number of aromatic hydroxyl groups is 2. The zero-order valence-electron chi connectivity index (χ0n) is 9.43. The van der Waals surface area contributed by atoms with Crippen LogP contribution in [0.25, 0.3) is 0 Å². The molecule has 0 heterocycles. The molecule has 3 N–H and O–H groups in total. The van der Waals surface area contributed by atoms with E-state index in [1.807, 2.05) is 0 Å². The number of carbonyl (C=O) groups is 2. The van der Waals surface area contributed by atoms with E-state index in [0.29, 0.717) is 0 Å². The highest BCUT2D eigenvalue weighted by Crippen LogP contribution is 2.22. The van der Waals surface area contributed by atoms with Gasteiger partial charge in [0.25, 0.3) is 5.91 Å². The van der Waals surface area contributed by atoms with Crippen molar-refractivity contribution < 1.29 is 24.5 Å². The highest BCUT2D eigenvalue weighted by Gasteiger charge is 2.18. The van der Waals surface area contributed by atoms with Crippen LogP contribution in [0.5, 0.6) is 11.5 Å². The van der Waals surface area contributed by atoms with Gasteiger partial charge >= 0.3 is 5.97 Å². The fourth-order valence-electron chi connectivity index (χ4n) is 1.22. The Morgan fingerprint density at radius 2 is 2.00 bits per heavy atom. The van der Waals surface area contributed by atoms with Gasteiger partial charge in [-0.1, -0.05) is 0 Å². The predicted octanol–water partition coefficient (Wildman–Crippen LogP) is 0.389. The van der Waals surface area contributed by atoms with Crippen LogP contribution in [0.3, 0.4) is 0 Å². The molecule has 0 aliphatic heterocycles. The average Bonchev–Trinajstić information content (AvgIpc) is 2.27. The lowest BCUT2D eigenvalue weighted by Crippen LogP contribution is -2.39. The Hall–Kier alpha value is -2.24. The Kier molecular flexibility index (Phi) is 3.92. The first-order chi connectivity index (χ1) is 7.95. The van der Waals surface area contributed by atoms with Crippen molar-refractivity contribution >= 4 is 11.9 Å². The Labute approximate surface area is 97.8 Å². The molecule has 0 spiro atoms. The Balaban J connectivity index is 2.80. The molecule has 92 valence electrons. The number of phenolic OH excluding ortho intramolecular Hbond substituents is 2. The minimum atomic E-state index is -0.819. The number of methoxy groups -OCH3 is 1. The fraction of sp³-hybridized carbons (Fsp3) is 0.273. The SMILES string of the molecule is COC(=O)[C@H](C)NC(=O)c1ccc(O)cc1O. The molecule has 0 saturated carbocycles. The van der Waals surface area contributed by atoms with Gasteiger partial charge in [-0.25, -0.2) is 4.79 Å². The predicted molar refractivity (Wildman–Crippen MR) is 58.7 cm³/mol. The summed E-state index contributed by atoms with van der Waals surface area (Å²) in [5, 5.41) is 20.8. The van der Waals surface area contributed by atoms with Crippen molar-refractivity contribution in [3.8, 4) is 11.5 Å². The van der Waals surface area contributed by atoms with Crippen LogP contribution in [-0.2, 0) is 9.53 Å². The van der Waals surface area contributed by atoms with E-state index in [-0.39, 0.29) is 17.1 Å². The smallest absolute Gasteiger partial charge is 0.328 e. The first-order valence-corrected chi connectivity index (χ1v) is 4.86. The van der Waals surface area contributed by atoms with E-state index in [2.05, 4.69) is 10.1 Å². The summed E-state index contributed by atoms with van der Waals surface area (Å²) in [4.78, 5) is 22.7. The lowest BCUT2D eigenvalue weighted by molar-refractivity contribution is -0.142. The molecule has 1 aromatic rings. The van der Waals surface area contributed by atoms with Crippen LogP contribution in [-0.4, -0.2) is 35.2 Å². The van der Waals surface area contributed by atoms with Gasteiger partial charge in [-0.15, -0.1) is 0 Å². The number of nitrogens with one attached hydrogen (secondary N) is 1. The van der Waals surface area contributed by atoms with Crippen LogP contribution in [0.2, 0.25) is 0 Å². The third kappa shape index (κ3) is 3.10. The van der Waals surface area contributed by atoms with Crippen molar-refractivity contribution in [2.24, 2.45) is 0 Å². The highest BCUT2D eigenvalue weighted by molar-refractivity contribution is 5.99. The van der Waals surface area contributed by atoms with Crippen molar-refractivity contribution in [3.05, 3.63) is 23.8 Å². The zero-order chi connectivity index (χ0) is 13.0. The van der Waals surface area contributed by atoms with Crippen LogP contribution in [0, 0.1) is 0 Å². The van der Waals surface area contributed by atoms with Gasteiger partial charge in [0.2, 0.25) is 0 Å². The van der Waals surface area contributed by atoms with Gasteiger partial charge in [0, 0.05) is 6.07 Å². The third-order valence-electron chi connectivity index (χ3n) is 2.13. The summed E-state index contributed by atoms with van der Waals surface area (Å²) >= 11 is 0. The number of esters is 1. The monoisotopic (exact) mass is 239 g/mol. The van der Waals surface area contributed by atoms with Crippen LogP contribution >= 0.6 is 0 Å². The minimum Gasteiger partial charge on any atom is -0.508 e. The fourth-order valence-corrected chi connectivity index (χ4v) is 1.22. The zero-order valence-corrected chi connectivity index (χ0v) is 9.43. The van der Waals surface area contributed by atoms with Crippen molar-refractivity contribution in [1.29, 1.82) is 0 Å². The molecule has 0 saturated heterocycles.